The third-order valence-electron chi connectivity index (χ3n) is 1.33. The van der Waals surface area contributed by atoms with Crippen molar-refractivity contribution in [2.75, 3.05) is 0 Å². The average Bonchev–Trinajstić information content (AvgIpc) is 1.68. The van der Waals surface area contributed by atoms with Gasteiger partial charge in [0.05, 0.1) is 0 Å². The summed E-state index contributed by atoms with van der Waals surface area (Å²) in [4.78, 5) is 0. The summed E-state index contributed by atoms with van der Waals surface area (Å²) in [6.45, 7) is 11.2. The molecule has 1 unspecified atom stereocenters. The molecule has 41 valence electrons. The first-order valence-electron chi connectivity index (χ1n) is 2.95. The van der Waals surface area contributed by atoms with Crippen molar-refractivity contribution in [1.82, 2.24) is 0 Å². The second-order valence-electron chi connectivity index (χ2n) is 2.05. The molecule has 0 N–H and O–H groups in total. The van der Waals surface area contributed by atoms with Gasteiger partial charge >= 0.3 is 0 Å². The molecule has 0 rings (SSSR count). The predicted octanol–water partition coefficient (Wildman–Crippen LogP) is 2.40. The van der Waals surface area contributed by atoms with E-state index in [1.807, 2.05) is 0 Å². The topological polar surface area (TPSA) is 0 Å². The van der Waals surface area contributed by atoms with Crippen molar-refractivity contribution in [3.8, 4) is 0 Å². The maximum Gasteiger partial charge on any atom is -0.00935 e. The van der Waals surface area contributed by atoms with Crippen molar-refractivity contribution < 1.29 is 0 Å². The van der Waals surface area contributed by atoms with Gasteiger partial charge in [0, 0.05) is 0 Å². The summed E-state index contributed by atoms with van der Waals surface area (Å²) in [5, 5.41) is 0. The van der Waals surface area contributed by atoms with Gasteiger partial charge in [-0.25, -0.2) is 0 Å². The maximum absolute atomic E-state index is 6.84. The fourth-order valence-corrected chi connectivity index (χ4v) is 0.451. The van der Waals surface area contributed by atoms with Gasteiger partial charge in [-0.05, 0) is 19.3 Å². The number of rotatable bonds is 3. The molecule has 1 atom stereocenters. The predicted molar refractivity (Wildman–Crippen MR) is 31.9 cm³/mol. The maximum atomic E-state index is 6.84. The van der Waals surface area contributed by atoms with Crippen molar-refractivity contribution >= 4 is 0 Å². The van der Waals surface area contributed by atoms with Gasteiger partial charge in [0.25, 0.3) is 0 Å². The normalized spacial score (nSPS) is 14.1. The second kappa shape index (κ2) is 4.17. The SMILES string of the molecule is [C]CCC(C)CC. The first-order valence-corrected chi connectivity index (χ1v) is 2.95. The Morgan fingerprint density at radius 2 is 2.14 bits per heavy atom. The lowest BCUT2D eigenvalue weighted by Gasteiger charge is -2.02. The highest BCUT2D eigenvalue weighted by Crippen LogP contribution is 2.07. The van der Waals surface area contributed by atoms with E-state index in [-0.39, 0.29) is 0 Å². The fourth-order valence-electron chi connectivity index (χ4n) is 0.451. The molecule has 0 fully saturated rings. The molecule has 0 bridgehead atoms. The van der Waals surface area contributed by atoms with E-state index in [1.54, 1.807) is 0 Å². The van der Waals surface area contributed by atoms with Crippen LogP contribution in [-0.2, 0) is 0 Å². The highest BCUT2D eigenvalue weighted by molar-refractivity contribution is 4.49. The molecular weight excluding hydrogens is 84.1 g/mol. The van der Waals surface area contributed by atoms with E-state index in [4.69, 9.17) is 6.92 Å². The molecule has 0 saturated carbocycles. The summed E-state index contributed by atoms with van der Waals surface area (Å²) in [6, 6.07) is 0. The number of hydrogen-bond acceptors (Lipinski definition) is 0. The Hall–Kier alpha value is 0. The van der Waals surface area contributed by atoms with Crippen LogP contribution in [0.15, 0.2) is 0 Å². The van der Waals surface area contributed by atoms with Gasteiger partial charge in [-0.15, -0.1) is 0 Å². The van der Waals surface area contributed by atoms with Crippen molar-refractivity contribution in [2.24, 2.45) is 5.92 Å². The molecule has 0 saturated heterocycles. The molecule has 3 radical (unpaired) electrons. The zero-order valence-corrected chi connectivity index (χ0v) is 5.20. The molecule has 0 aliphatic carbocycles. The van der Waals surface area contributed by atoms with Gasteiger partial charge in [0.15, 0.2) is 0 Å². The Bertz CT molecular complexity index is 31.0. The van der Waals surface area contributed by atoms with Gasteiger partial charge in [0.2, 0.25) is 0 Å². The van der Waals surface area contributed by atoms with Gasteiger partial charge in [-0.2, -0.15) is 0 Å². The summed E-state index contributed by atoms with van der Waals surface area (Å²) in [5.74, 6) is 0.762. The van der Waals surface area contributed by atoms with Crippen LogP contribution in [0.25, 0.3) is 0 Å². The lowest BCUT2D eigenvalue weighted by atomic mass is 10.0. The van der Waals surface area contributed by atoms with Crippen LogP contribution in [0, 0.1) is 12.8 Å². The summed E-state index contributed by atoms with van der Waals surface area (Å²) in [6.07, 6.45) is 2.88. The van der Waals surface area contributed by atoms with Crippen LogP contribution in [0.2, 0.25) is 0 Å². The van der Waals surface area contributed by atoms with Gasteiger partial charge in [-0.1, -0.05) is 26.7 Å². The van der Waals surface area contributed by atoms with E-state index in [0.29, 0.717) is 6.42 Å². The Morgan fingerprint density at radius 1 is 1.57 bits per heavy atom. The minimum Gasteiger partial charge on any atom is -0.0651 e. The highest BCUT2D eigenvalue weighted by Gasteiger charge is 1.92. The van der Waals surface area contributed by atoms with Crippen LogP contribution in [0.3, 0.4) is 0 Å². The van der Waals surface area contributed by atoms with Crippen LogP contribution < -0.4 is 0 Å². The quantitative estimate of drug-likeness (QED) is 0.507. The molecule has 0 aromatic carbocycles. The van der Waals surface area contributed by atoms with E-state index in [2.05, 4.69) is 13.8 Å². The van der Waals surface area contributed by atoms with Gasteiger partial charge in [0.1, 0.15) is 0 Å². The van der Waals surface area contributed by atoms with E-state index in [0.717, 1.165) is 12.3 Å². The average molecular weight is 97.2 g/mol. The second-order valence-corrected chi connectivity index (χ2v) is 2.05. The lowest BCUT2D eigenvalue weighted by Crippen LogP contribution is -1.88. The largest absolute Gasteiger partial charge is 0.0651 e. The molecule has 0 aromatic rings. The Morgan fingerprint density at radius 3 is 2.29 bits per heavy atom. The molecular formula is C7H13. The molecule has 0 aliphatic heterocycles. The van der Waals surface area contributed by atoms with Gasteiger partial charge < -0.3 is 0 Å². The minimum atomic E-state index is 0.592. The summed E-state index contributed by atoms with van der Waals surface area (Å²) in [7, 11) is 0. The van der Waals surface area contributed by atoms with Crippen LogP contribution in [0.5, 0.6) is 0 Å². The Labute approximate surface area is 46.9 Å². The summed E-state index contributed by atoms with van der Waals surface area (Å²) < 4.78 is 0. The molecule has 0 spiro atoms. The Balaban J connectivity index is 2.83. The molecule has 0 aromatic heterocycles. The lowest BCUT2D eigenvalue weighted by molar-refractivity contribution is 0.521. The first-order chi connectivity index (χ1) is 3.31. The van der Waals surface area contributed by atoms with Gasteiger partial charge in [-0.3, -0.25) is 0 Å². The first kappa shape index (κ1) is 7.00. The smallest absolute Gasteiger partial charge is 0.00935 e. The minimum absolute atomic E-state index is 0.592. The van der Waals surface area contributed by atoms with Crippen LogP contribution >= 0.6 is 0 Å². The fraction of sp³-hybridized carbons (Fsp3) is 0.857. The van der Waals surface area contributed by atoms with Crippen LogP contribution in [0.4, 0.5) is 0 Å². The van der Waals surface area contributed by atoms with Crippen molar-refractivity contribution in [3.63, 3.8) is 0 Å². The van der Waals surface area contributed by atoms with E-state index < -0.39 is 0 Å². The molecule has 0 heterocycles. The van der Waals surface area contributed by atoms with E-state index in [1.165, 1.54) is 6.42 Å². The van der Waals surface area contributed by atoms with Crippen molar-refractivity contribution in [3.05, 3.63) is 6.92 Å². The monoisotopic (exact) mass is 97.1 g/mol. The number of hydrogen-bond donors (Lipinski definition) is 0. The highest BCUT2D eigenvalue weighted by atomic mass is 14.0. The zero-order chi connectivity index (χ0) is 5.70. The van der Waals surface area contributed by atoms with E-state index >= 15 is 0 Å². The zero-order valence-electron chi connectivity index (χ0n) is 5.20. The van der Waals surface area contributed by atoms with Crippen LogP contribution in [-0.4, -0.2) is 0 Å². The van der Waals surface area contributed by atoms with E-state index in [9.17, 15) is 0 Å². The molecule has 0 nitrogen and oxygen atoms in total. The molecule has 7 heavy (non-hydrogen) atoms. The molecule has 0 heteroatoms. The standard InChI is InChI=1S/C7H13/c1-4-6-7(3)5-2/h7H,4-6H2,2-3H3. The summed E-state index contributed by atoms with van der Waals surface area (Å²) >= 11 is 0. The Kier molecular flexibility index (Phi) is 4.17. The van der Waals surface area contributed by atoms with Crippen molar-refractivity contribution in [2.45, 2.75) is 33.1 Å². The van der Waals surface area contributed by atoms with Crippen molar-refractivity contribution in [1.29, 1.82) is 0 Å². The molecule has 0 amide bonds. The third-order valence-corrected chi connectivity index (χ3v) is 1.33. The third kappa shape index (κ3) is 3.84. The summed E-state index contributed by atoms with van der Waals surface area (Å²) in [5.41, 5.74) is 0. The molecule has 0 aliphatic rings. The van der Waals surface area contributed by atoms with Crippen LogP contribution in [0.1, 0.15) is 33.1 Å².